The van der Waals surface area contributed by atoms with Crippen molar-refractivity contribution in [2.75, 3.05) is 29.9 Å². The van der Waals surface area contributed by atoms with E-state index >= 15 is 0 Å². The smallest absolute Gasteiger partial charge is 0.259 e. The van der Waals surface area contributed by atoms with Crippen molar-refractivity contribution in [3.05, 3.63) is 59.4 Å². The number of likely N-dealkylation sites (tertiary alicyclic amines) is 1. The Balaban J connectivity index is 1.77. The normalized spacial score (nSPS) is 18.5. The Hall–Kier alpha value is -2.95. The molecular formula is C25H28N4O2S. The van der Waals surface area contributed by atoms with Crippen molar-refractivity contribution in [2.24, 2.45) is 0 Å². The van der Waals surface area contributed by atoms with Gasteiger partial charge in [0.1, 0.15) is 11.3 Å². The first-order valence-electron chi connectivity index (χ1n) is 10.9. The molecule has 0 saturated carbocycles. The van der Waals surface area contributed by atoms with Crippen LogP contribution in [0.5, 0.6) is 5.75 Å². The number of hydrogen-bond acceptors (Lipinski definition) is 4. The van der Waals surface area contributed by atoms with Crippen LogP contribution in [-0.4, -0.2) is 47.7 Å². The summed E-state index contributed by atoms with van der Waals surface area (Å²) in [5.74, 6) is 0.799. The second-order valence-corrected chi connectivity index (χ2v) is 9.20. The van der Waals surface area contributed by atoms with E-state index < -0.39 is 5.54 Å². The number of anilines is 2. The summed E-state index contributed by atoms with van der Waals surface area (Å²) in [5, 5.41) is 0.479. The van der Waals surface area contributed by atoms with Crippen LogP contribution in [0.1, 0.15) is 32.3 Å². The molecule has 0 unspecified atom stereocenters. The monoisotopic (exact) mass is 448 g/mol. The van der Waals surface area contributed by atoms with Crippen molar-refractivity contribution in [2.45, 2.75) is 45.3 Å². The van der Waals surface area contributed by atoms with E-state index in [2.05, 4.69) is 16.8 Å². The zero-order valence-electron chi connectivity index (χ0n) is 19.0. The van der Waals surface area contributed by atoms with Crippen LogP contribution in [0.15, 0.2) is 42.5 Å². The first-order chi connectivity index (χ1) is 15.3. The molecule has 2 aliphatic rings. The Labute approximate surface area is 195 Å². The average molecular weight is 449 g/mol. The average Bonchev–Trinajstić information content (AvgIpc) is 2.97. The summed E-state index contributed by atoms with van der Waals surface area (Å²) < 4.78 is 5.80. The van der Waals surface area contributed by atoms with Crippen molar-refractivity contribution in [1.82, 2.24) is 4.90 Å². The highest BCUT2D eigenvalue weighted by atomic mass is 32.1. The van der Waals surface area contributed by atoms with Crippen LogP contribution >= 0.6 is 12.2 Å². The van der Waals surface area contributed by atoms with E-state index in [1.54, 1.807) is 11.0 Å². The Kier molecular flexibility index (Phi) is 5.93. The summed E-state index contributed by atoms with van der Waals surface area (Å²) >= 11 is 5.92. The van der Waals surface area contributed by atoms with Gasteiger partial charge in [0.15, 0.2) is 10.8 Å². The zero-order valence-corrected chi connectivity index (χ0v) is 19.8. The number of piperidine rings is 1. The van der Waals surface area contributed by atoms with Crippen LogP contribution in [0.2, 0.25) is 0 Å². The van der Waals surface area contributed by atoms with Crippen molar-refractivity contribution < 1.29 is 9.53 Å². The molecule has 32 heavy (non-hydrogen) atoms. The number of rotatable bonds is 4. The topological polar surface area (TPSA) is 40.4 Å². The van der Waals surface area contributed by atoms with E-state index in [-0.39, 0.29) is 12.0 Å². The SMILES string of the molecule is [C-]#[N+]c1ccc(N2C(=O)C3(CCN(C)CC3)N(c3ccc(OC(C)C)cc3)C2=S)cc1C. The van der Waals surface area contributed by atoms with Gasteiger partial charge in [0.05, 0.1) is 12.7 Å². The van der Waals surface area contributed by atoms with E-state index in [4.69, 9.17) is 23.5 Å². The molecule has 6 nitrogen and oxygen atoms in total. The summed E-state index contributed by atoms with van der Waals surface area (Å²) in [6.07, 6.45) is 1.48. The van der Waals surface area contributed by atoms with E-state index in [1.165, 1.54) is 0 Å². The number of amides is 1. The van der Waals surface area contributed by atoms with Crippen molar-refractivity contribution >= 4 is 40.3 Å². The molecule has 0 bridgehead atoms. The fourth-order valence-corrected chi connectivity index (χ4v) is 5.00. The maximum atomic E-state index is 14.0. The summed E-state index contributed by atoms with van der Waals surface area (Å²) in [4.78, 5) is 23.4. The highest BCUT2D eigenvalue weighted by molar-refractivity contribution is 7.81. The van der Waals surface area contributed by atoms with Crippen LogP contribution in [0.25, 0.3) is 4.85 Å². The number of hydrogen-bond donors (Lipinski definition) is 0. The fourth-order valence-electron chi connectivity index (χ4n) is 4.53. The quantitative estimate of drug-likeness (QED) is 0.490. The maximum Gasteiger partial charge on any atom is 0.259 e. The minimum atomic E-state index is -0.712. The van der Waals surface area contributed by atoms with E-state index in [1.807, 2.05) is 62.1 Å². The number of aryl methyl sites for hydroxylation is 1. The molecule has 2 aliphatic heterocycles. The van der Waals surface area contributed by atoms with Gasteiger partial charge in [0.25, 0.3) is 5.91 Å². The Bertz CT molecular complexity index is 1080. The van der Waals surface area contributed by atoms with Gasteiger partial charge in [-0.15, -0.1) is 0 Å². The van der Waals surface area contributed by atoms with E-state index in [9.17, 15) is 4.79 Å². The third-order valence-corrected chi connectivity index (χ3v) is 6.62. The largest absolute Gasteiger partial charge is 0.491 e. The van der Waals surface area contributed by atoms with Crippen molar-refractivity contribution in [3.63, 3.8) is 0 Å². The third-order valence-electron chi connectivity index (χ3n) is 6.25. The van der Waals surface area contributed by atoms with Crippen molar-refractivity contribution in [1.29, 1.82) is 0 Å². The molecular weight excluding hydrogens is 420 g/mol. The molecule has 0 aliphatic carbocycles. The molecule has 2 heterocycles. The molecule has 0 aromatic heterocycles. The Morgan fingerprint density at radius 3 is 2.28 bits per heavy atom. The van der Waals surface area contributed by atoms with Gasteiger partial charge in [-0.05, 0) is 94.8 Å². The van der Waals surface area contributed by atoms with E-state index in [0.717, 1.165) is 30.1 Å². The molecule has 0 radical (unpaired) electrons. The molecule has 7 heteroatoms. The van der Waals surface area contributed by atoms with Gasteiger partial charge in [0, 0.05) is 24.5 Å². The number of thiocarbonyl (C=S) groups is 1. The van der Waals surface area contributed by atoms with Gasteiger partial charge in [-0.25, -0.2) is 4.85 Å². The van der Waals surface area contributed by atoms with Gasteiger partial charge < -0.3 is 14.5 Å². The molecule has 1 spiro atoms. The number of benzene rings is 2. The number of carbonyl (C=O) groups excluding carboxylic acids is 1. The molecule has 166 valence electrons. The predicted molar refractivity (Wildman–Crippen MR) is 132 cm³/mol. The molecule has 2 saturated heterocycles. The lowest BCUT2D eigenvalue weighted by Crippen LogP contribution is -2.56. The number of ether oxygens (including phenoxy) is 1. The highest BCUT2D eigenvalue weighted by Crippen LogP contribution is 2.43. The fraction of sp³-hybridized carbons (Fsp3) is 0.400. The molecule has 2 fully saturated rings. The second kappa shape index (κ2) is 8.53. The predicted octanol–water partition coefficient (Wildman–Crippen LogP) is 4.94. The lowest BCUT2D eigenvalue weighted by molar-refractivity contribution is -0.122. The van der Waals surface area contributed by atoms with Crippen LogP contribution in [-0.2, 0) is 4.79 Å². The summed E-state index contributed by atoms with van der Waals surface area (Å²) in [6, 6.07) is 13.3. The Morgan fingerprint density at radius 2 is 1.72 bits per heavy atom. The number of nitrogens with zero attached hydrogens (tertiary/aromatic N) is 4. The second-order valence-electron chi connectivity index (χ2n) is 8.84. The minimum absolute atomic E-state index is 0.00747. The van der Waals surface area contributed by atoms with Crippen molar-refractivity contribution in [3.8, 4) is 5.75 Å². The Morgan fingerprint density at radius 1 is 1.09 bits per heavy atom. The molecule has 2 aromatic carbocycles. The van der Waals surface area contributed by atoms with Gasteiger partial charge >= 0.3 is 0 Å². The standard InChI is InChI=1S/C25H28N4O2S/c1-17(2)31-21-9-6-19(7-10-21)29-24(32)28(20-8-11-22(26-4)18(3)16-20)23(30)25(29)12-14-27(5)15-13-25/h6-11,16-17H,12-15H2,1-3,5H3. The van der Waals surface area contributed by atoms with E-state index in [0.29, 0.717) is 29.3 Å². The van der Waals surface area contributed by atoms with Gasteiger partial charge in [0.2, 0.25) is 0 Å². The number of carbonyl (C=O) groups is 1. The molecule has 0 N–H and O–H groups in total. The molecule has 1 amide bonds. The highest BCUT2D eigenvalue weighted by Gasteiger charge is 2.57. The molecule has 4 rings (SSSR count). The molecule has 2 aromatic rings. The summed E-state index contributed by atoms with van der Waals surface area (Å²) in [5.41, 5.74) is 2.31. The van der Waals surface area contributed by atoms with Crippen LogP contribution < -0.4 is 14.5 Å². The van der Waals surface area contributed by atoms with Crippen LogP contribution in [0, 0.1) is 13.5 Å². The molecule has 0 atom stereocenters. The lowest BCUT2D eigenvalue weighted by Gasteiger charge is -2.41. The van der Waals surface area contributed by atoms with Gasteiger partial charge in [-0.1, -0.05) is 6.07 Å². The first-order valence-corrected chi connectivity index (χ1v) is 11.3. The van der Waals surface area contributed by atoms with Gasteiger partial charge in [-0.3, -0.25) is 9.69 Å². The lowest BCUT2D eigenvalue weighted by atomic mass is 9.85. The maximum absolute atomic E-state index is 14.0. The summed E-state index contributed by atoms with van der Waals surface area (Å²) in [7, 11) is 2.08. The third kappa shape index (κ3) is 3.74. The van der Waals surface area contributed by atoms with Gasteiger partial charge in [-0.2, -0.15) is 0 Å². The van der Waals surface area contributed by atoms with Crippen LogP contribution in [0.4, 0.5) is 17.1 Å². The summed E-state index contributed by atoms with van der Waals surface area (Å²) in [6.45, 7) is 14.8. The first kappa shape index (κ1) is 22.3. The zero-order chi connectivity index (χ0) is 23.0. The minimum Gasteiger partial charge on any atom is -0.491 e. The van der Waals surface area contributed by atoms with Crippen LogP contribution in [0.3, 0.4) is 0 Å².